The van der Waals surface area contributed by atoms with Gasteiger partial charge in [-0.25, -0.2) is 0 Å². The van der Waals surface area contributed by atoms with Gasteiger partial charge < -0.3 is 4.74 Å². The number of esters is 1. The summed E-state index contributed by atoms with van der Waals surface area (Å²) in [6.45, 7) is 3.61. The van der Waals surface area contributed by atoms with Crippen LogP contribution in [0.5, 0.6) is 0 Å². The van der Waals surface area contributed by atoms with Crippen molar-refractivity contribution in [1.29, 1.82) is 0 Å². The van der Waals surface area contributed by atoms with Crippen LogP contribution in [0.1, 0.15) is 24.8 Å². The first kappa shape index (κ1) is 15.2. The van der Waals surface area contributed by atoms with E-state index in [1.807, 2.05) is 17.5 Å². The number of hydrogen-bond donors (Lipinski definition) is 1. The van der Waals surface area contributed by atoms with Crippen molar-refractivity contribution in [3.8, 4) is 0 Å². The van der Waals surface area contributed by atoms with Gasteiger partial charge in [-0.3, -0.25) is 24.6 Å². The zero-order valence-corrected chi connectivity index (χ0v) is 13.5. The van der Waals surface area contributed by atoms with Crippen LogP contribution in [0.25, 0.3) is 0 Å². The SMILES string of the molecule is CCOC(=O)C1(C)NC(c2cccs2)C2C(=O)N(C)C(=O)C21. The molecule has 0 spiro atoms. The highest BCUT2D eigenvalue weighted by Crippen LogP contribution is 2.49. The molecule has 7 heteroatoms. The van der Waals surface area contributed by atoms with E-state index in [9.17, 15) is 14.4 Å². The number of nitrogens with one attached hydrogen (secondary N) is 1. The second kappa shape index (κ2) is 5.17. The van der Waals surface area contributed by atoms with E-state index in [-0.39, 0.29) is 24.5 Å². The predicted molar refractivity (Wildman–Crippen MR) is 80.0 cm³/mol. The first-order valence-electron chi connectivity index (χ1n) is 7.21. The fraction of sp³-hybridized carbons (Fsp3) is 0.533. The molecule has 22 heavy (non-hydrogen) atoms. The van der Waals surface area contributed by atoms with Gasteiger partial charge in [0.2, 0.25) is 11.8 Å². The molecule has 1 aromatic heterocycles. The Bertz CT molecular complexity index is 629. The summed E-state index contributed by atoms with van der Waals surface area (Å²) in [5.74, 6) is -2.34. The minimum atomic E-state index is -1.19. The fourth-order valence-corrected chi connectivity index (χ4v) is 4.29. The molecular formula is C15H18N2O4S. The van der Waals surface area contributed by atoms with Crippen LogP contribution in [-0.2, 0) is 19.1 Å². The standard InChI is InChI=1S/C15H18N2O4S/c1-4-21-14(20)15(2)10-9(12(18)17(3)13(10)19)11(16-15)8-6-5-7-22-8/h5-7,9-11,16H,4H2,1-3H3. The minimum absolute atomic E-state index is 0.231. The van der Waals surface area contributed by atoms with E-state index in [1.54, 1.807) is 13.8 Å². The predicted octanol–water partition coefficient (Wildman–Crippen LogP) is 0.945. The van der Waals surface area contributed by atoms with Gasteiger partial charge in [0.05, 0.1) is 24.5 Å². The van der Waals surface area contributed by atoms with Crippen LogP contribution >= 0.6 is 11.3 Å². The number of amides is 2. The summed E-state index contributed by atoms with van der Waals surface area (Å²) in [6.07, 6.45) is 0. The molecule has 118 valence electrons. The number of carbonyl (C=O) groups is 3. The molecule has 0 saturated carbocycles. The highest BCUT2D eigenvalue weighted by molar-refractivity contribution is 7.10. The summed E-state index contributed by atoms with van der Waals surface area (Å²) >= 11 is 1.50. The van der Waals surface area contributed by atoms with Crippen molar-refractivity contribution >= 4 is 29.1 Å². The Balaban J connectivity index is 2.06. The van der Waals surface area contributed by atoms with Crippen LogP contribution in [0.4, 0.5) is 0 Å². The number of rotatable bonds is 3. The average Bonchev–Trinajstić information content (AvgIpc) is 3.15. The van der Waals surface area contributed by atoms with E-state index in [4.69, 9.17) is 4.74 Å². The third-order valence-corrected chi connectivity index (χ3v) is 5.51. The summed E-state index contributed by atoms with van der Waals surface area (Å²) in [4.78, 5) is 39.5. The summed E-state index contributed by atoms with van der Waals surface area (Å²) in [7, 11) is 1.47. The summed E-state index contributed by atoms with van der Waals surface area (Å²) in [5.41, 5.74) is -1.19. The Morgan fingerprint density at radius 3 is 2.77 bits per heavy atom. The lowest BCUT2D eigenvalue weighted by Gasteiger charge is -2.28. The van der Waals surface area contributed by atoms with Crippen molar-refractivity contribution in [1.82, 2.24) is 10.2 Å². The molecule has 1 N–H and O–H groups in total. The number of carbonyl (C=O) groups excluding carboxylic acids is 3. The maximum Gasteiger partial charge on any atom is 0.326 e. The molecule has 0 bridgehead atoms. The number of hydrogen-bond acceptors (Lipinski definition) is 6. The molecule has 0 aromatic carbocycles. The van der Waals surface area contributed by atoms with Gasteiger partial charge in [-0.15, -0.1) is 11.3 Å². The molecule has 3 rings (SSSR count). The molecule has 4 atom stereocenters. The second-order valence-corrected chi connectivity index (χ2v) is 6.78. The number of nitrogens with zero attached hydrogens (tertiary/aromatic N) is 1. The number of ether oxygens (including phenoxy) is 1. The minimum Gasteiger partial charge on any atom is -0.465 e. The van der Waals surface area contributed by atoms with Crippen molar-refractivity contribution in [2.24, 2.45) is 11.8 Å². The van der Waals surface area contributed by atoms with Crippen molar-refractivity contribution in [2.45, 2.75) is 25.4 Å². The third kappa shape index (κ3) is 1.92. The van der Waals surface area contributed by atoms with Crippen LogP contribution in [0, 0.1) is 11.8 Å². The molecular weight excluding hydrogens is 304 g/mol. The monoisotopic (exact) mass is 322 g/mol. The maximum atomic E-state index is 12.5. The van der Waals surface area contributed by atoms with Crippen LogP contribution in [0.2, 0.25) is 0 Å². The Labute approximate surface area is 132 Å². The largest absolute Gasteiger partial charge is 0.465 e. The third-order valence-electron chi connectivity index (χ3n) is 4.56. The topological polar surface area (TPSA) is 75.7 Å². The van der Waals surface area contributed by atoms with Gasteiger partial charge in [-0.2, -0.15) is 0 Å². The van der Waals surface area contributed by atoms with Crippen LogP contribution in [0.3, 0.4) is 0 Å². The Kier molecular flexibility index (Phi) is 3.57. The van der Waals surface area contributed by atoms with Crippen molar-refractivity contribution < 1.29 is 19.1 Å². The lowest BCUT2D eigenvalue weighted by molar-refractivity contribution is -0.155. The van der Waals surface area contributed by atoms with Gasteiger partial charge in [0.15, 0.2) is 0 Å². The summed E-state index contributed by atoms with van der Waals surface area (Å²) in [5, 5.41) is 5.12. The smallest absolute Gasteiger partial charge is 0.326 e. The Hall–Kier alpha value is -1.73. The molecule has 0 aliphatic carbocycles. The molecule has 1 aromatic rings. The molecule has 2 aliphatic rings. The van der Waals surface area contributed by atoms with Gasteiger partial charge in [-0.05, 0) is 25.3 Å². The summed E-state index contributed by atoms with van der Waals surface area (Å²) in [6, 6.07) is 3.45. The van der Waals surface area contributed by atoms with E-state index >= 15 is 0 Å². The maximum absolute atomic E-state index is 12.5. The number of likely N-dealkylation sites (tertiary alicyclic amines) is 1. The van der Waals surface area contributed by atoms with E-state index in [0.29, 0.717) is 0 Å². The van der Waals surface area contributed by atoms with Gasteiger partial charge in [0.1, 0.15) is 5.54 Å². The normalized spacial score (nSPS) is 34.1. The average molecular weight is 322 g/mol. The fourth-order valence-electron chi connectivity index (χ4n) is 3.46. The van der Waals surface area contributed by atoms with Gasteiger partial charge in [0.25, 0.3) is 0 Å². The first-order chi connectivity index (χ1) is 10.4. The van der Waals surface area contributed by atoms with E-state index in [0.717, 1.165) is 9.78 Å². The zero-order valence-electron chi connectivity index (χ0n) is 12.7. The lowest BCUT2D eigenvalue weighted by Crippen LogP contribution is -2.53. The molecule has 2 saturated heterocycles. The number of fused-ring (bicyclic) bond motifs is 1. The zero-order chi connectivity index (χ0) is 16.1. The van der Waals surface area contributed by atoms with Crippen LogP contribution in [-0.4, -0.2) is 41.9 Å². The molecule has 2 aliphatic heterocycles. The molecule has 2 amide bonds. The number of thiophene rings is 1. The van der Waals surface area contributed by atoms with Gasteiger partial charge >= 0.3 is 5.97 Å². The molecule has 4 unspecified atom stereocenters. The van der Waals surface area contributed by atoms with Gasteiger partial charge in [-0.1, -0.05) is 6.07 Å². The summed E-state index contributed by atoms with van der Waals surface area (Å²) < 4.78 is 5.14. The molecule has 6 nitrogen and oxygen atoms in total. The second-order valence-electron chi connectivity index (χ2n) is 5.80. The van der Waals surface area contributed by atoms with E-state index in [2.05, 4.69) is 5.32 Å². The highest BCUT2D eigenvalue weighted by atomic mass is 32.1. The molecule has 2 fully saturated rings. The highest BCUT2D eigenvalue weighted by Gasteiger charge is 2.66. The quantitative estimate of drug-likeness (QED) is 0.662. The molecule has 3 heterocycles. The van der Waals surface area contributed by atoms with Crippen LogP contribution < -0.4 is 5.32 Å². The van der Waals surface area contributed by atoms with Crippen molar-refractivity contribution in [3.05, 3.63) is 22.4 Å². The van der Waals surface area contributed by atoms with Crippen molar-refractivity contribution in [3.63, 3.8) is 0 Å². The molecule has 0 radical (unpaired) electrons. The van der Waals surface area contributed by atoms with Crippen LogP contribution in [0.15, 0.2) is 17.5 Å². The number of imide groups is 1. The lowest BCUT2D eigenvalue weighted by atomic mass is 9.81. The van der Waals surface area contributed by atoms with E-state index < -0.39 is 23.3 Å². The van der Waals surface area contributed by atoms with Gasteiger partial charge in [0, 0.05) is 11.9 Å². The first-order valence-corrected chi connectivity index (χ1v) is 8.09. The Morgan fingerprint density at radius 1 is 1.45 bits per heavy atom. The van der Waals surface area contributed by atoms with Crippen molar-refractivity contribution in [2.75, 3.05) is 13.7 Å². The van der Waals surface area contributed by atoms with E-state index in [1.165, 1.54) is 18.4 Å². The Morgan fingerprint density at radius 2 is 2.18 bits per heavy atom.